The smallest absolute Gasteiger partial charge is 0.261 e. The lowest BCUT2D eigenvalue weighted by atomic mass is 10.00. The third-order valence-electron chi connectivity index (χ3n) is 5.43. The summed E-state index contributed by atoms with van der Waals surface area (Å²) in [6.07, 6.45) is 0. The maximum atomic E-state index is 12.9. The topological polar surface area (TPSA) is 53.1 Å². The van der Waals surface area contributed by atoms with Gasteiger partial charge in [-0.25, -0.2) is 0 Å². The van der Waals surface area contributed by atoms with E-state index < -0.39 is 0 Å². The molecule has 28 heavy (non-hydrogen) atoms. The van der Waals surface area contributed by atoms with Crippen molar-refractivity contribution in [1.82, 2.24) is 9.80 Å². The van der Waals surface area contributed by atoms with Gasteiger partial charge in [0.1, 0.15) is 0 Å². The molecular weight excluding hydrogens is 354 g/mol. The summed E-state index contributed by atoms with van der Waals surface area (Å²) >= 11 is 0. The van der Waals surface area contributed by atoms with Gasteiger partial charge in [-0.15, -0.1) is 0 Å². The Morgan fingerprint density at radius 3 is 2.18 bits per heavy atom. The largest absolute Gasteiger partial charge is 0.379 e. The molecule has 6 nitrogen and oxygen atoms in total. The van der Waals surface area contributed by atoms with Crippen LogP contribution >= 0.6 is 0 Å². The highest BCUT2D eigenvalue weighted by atomic mass is 16.5. The van der Waals surface area contributed by atoms with Crippen molar-refractivity contribution < 1.29 is 14.3 Å². The number of carbonyl (C=O) groups is 2. The number of amides is 2. The summed E-state index contributed by atoms with van der Waals surface area (Å²) in [6, 6.07) is 13.7. The van der Waals surface area contributed by atoms with Crippen molar-refractivity contribution in [3.63, 3.8) is 0 Å². The van der Waals surface area contributed by atoms with Crippen molar-refractivity contribution in [2.24, 2.45) is 0 Å². The molecule has 0 spiro atoms. The number of carbonyl (C=O) groups excluding carboxylic acids is 2. The normalized spacial score (nSPS) is 17.1. The number of ether oxygens (including phenoxy) is 1. The molecule has 0 N–H and O–H groups in total. The van der Waals surface area contributed by atoms with E-state index in [0.29, 0.717) is 37.4 Å². The highest BCUT2D eigenvalue weighted by Crippen LogP contribution is 2.29. The molecule has 0 unspecified atom stereocenters. The molecule has 0 atom stereocenters. The Hall–Kier alpha value is -2.70. The van der Waals surface area contributed by atoms with Gasteiger partial charge in [0.15, 0.2) is 0 Å². The minimum atomic E-state index is -0.194. The number of benzene rings is 2. The Bertz CT molecular complexity index is 886. The van der Waals surface area contributed by atoms with E-state index in [4.69, 9.17) is 4.74 Å². The van der Waals surface area contributed by atoms with Crippen LogP contribution in [0.4, 0.5) is 5.69 Å². The number of imide groups is 1. The summed E-state index contributed by atoms with van der Waals surface area (Å²) in [6.45, 7) is 4.20. The minimum absolute atomic E-state index is 0.192. The zero-order valence-electron chi connectivity index (χ0n) is 16.4. The molecule has 2 aliphatic heterocycles. The second kappa shape index (κ2) is 7.73. The molecule has 1 fully saturated rings. The molecular formula is C22H25N3O3. The predicted molar refractivity (Wildman–Crippen MR) is 109 cm³/mol. The standard InChI is InChI=1S/C22H25N3O3/c1-23(2)18-6-3-16(4-7-18)17-5-8-19-20(15-17)22(27)25(21(19)26)10-9-24-11-13-28-14-12-24/h3-8,15H,9-14H2,1-2H3. The fraction of sp³-hybridized carbons (Fsp3) is 0.364. The maximum absolute atomic E-state index is 12.9. The van der Waals surface area contributed by atoms with Gasteiger partial charge in [-0.1, -0.05) is 18.2 Å². The average molecular weight is 379 g/mol. The maximum Gasteiger partial charge on any atom is 0.261 e. The number of hydrogen-bond donors (Lipinski definition) is 0. The number of morpholine rings is 1. The molecule has 2 aromatic carbocycles. The molecule has 2 amide bonds. The number of anilines is 1. The lowest BCUT2D eigenvalue weighted by Crippen LogP contribution is -2.42. The Morgan fingerprint density at radius 2 is 1.50 bits per heavy atom. The van der Waals surface area contributed by atoms with Gasteiger partial charge in [0.2, 0.25) is 0 Å². The predicted octanol–water partition coefficient (Wildman–Crippen LogP) is 2.35. The second-order valence-electron chi connectivity index (χ2n) is 7.42. The molecule has 2 aromatic rings. The molecule has 0 aliphatic carbocycles. The van der Waals surface area contributed by atoms with Crippen molar-refractivity contribution in [3.05, 3.63) is 53.6 Å². The highest BCUT2D eigenvalue weighted by molar-refractivity contribution is 6.21. The van der Waals surface area contributed by atoms with Gasteiger partial charge in [0.25, 0.3) is 11.8 Å². The van der Waals surface area contributed by atoms with Gasteiger partial charge < -0.3 is 9.64 Å². The summed E-state index contributed by atoms with van der Waals surface area (Å²) in [5.74, 6) is -0.386. The SMILES string of the molecule is CN(C)c1ccc(-c2ccc3c(c2)C(=O)N(CCN2CCOCC2)C3=O)cc1. The van der Waals surface area contributed by atoms with E-state index in [1.165, 1.54) is 4.90 Å². The average Bonchev–Trinajstić information content (AvgIpc) is 2.97. The van der Waals surface area contributed by atoms with Crippen molar-refractivity contribution in [3.8, 4) is 11.1 Å². The minimum Gasteiger partial charge on any atom is -0.379 e. The number of nitrogens with zero attached hydrogens (tertiary/aromatic N) is 3. The third kappa shape index (κ3) is 3.53. The zero-order chi connectivity index (χ0) is 19.7. The van der Waals surface area contributed by atoms with E-state index in [1.54, 1.807) is 6.07 Å². The first-order chi connectivity index (χ1) is 13.5. The molecule has 146 valence electrons. The van der Waals surface area contributed by atoms with Gasteiger partial charge in [-0.05, 0) is 35.4 Å². The Morgan fingerprint density at radius 1 is 0.857 bits per heavy atom. The lowest BCUT2D eigenvalue weighted by Gasteiger charge is -2.27. The molecule has 0 bridgehead atoms. The molecule has 6 heteroatoms. The first kappa shape index (κ1) is 18.7. The van der Waals surface area contributed by atoms with Gasteiger partial charge >= 0.3 is 0 Å². The van der Waals surface area contributed by atoms with E-state index in [1.807, 2.05) is 55.4 Å². The van der Waals surface area contributed by atoms with E-state index in [0.717, 1.165) is 29.9 Å². The van der Waals surface area contributed by atoms with Gasteiger partial charge in [0.05, 0.1) is 24.3 Å². The van der Waals surface area contributed by atoms with Crippen molar-refractivity contribution in [1.29, 1.82) is 0 Å². The summed E-state index contributed by atoms with van der Waals surface area (Å²) in [5, 5.41) is 0. The molecule has 0 radical (unpaired) electrons. The van der Waals surface area contributed by atoms with Crippen molar-refractivity contribution in [2.45, 2.75) is 0 Å². The number of rotatable bonds is 5. The molecule has 1 saturated heterocycles. The van der Waals surface area contributed by atoms with Crippen LogP contribution in [0.1, 0.15) is 20.7 Å². The van der Waals surface area contributed by atoms with Crippen LogP contribution in [0.3, 0.4) is 0 Å². The monoisotopic (exact) mass is 379 g/mol. The van der Waals surface area contributed by atoms with Crippen LogP contribution in [-0.2, 0) is 4.74 Å². The second-order valence-corrected chi connectivity index (χ2v) is 7.42. The Balaban J connectivity index is 1.51. The molecule has 0 aromatic heterocycles. The summed E-state index contributed by atoms with van der Waals surface area (Å²) in [4.78, 5) is 31.2. The van der Waals surface area contributed by atoms with Gasteiger partial charge in [-0.3, -0.25) is 19.4 Å². The van der Waals surface area contributed by atoms with Crippen molar-refractivity contribution in [2.75, 3.05) is 58.4 Å². The fourth-order valence-electron chi connectivity index (χ4n) is 3.69. The Kier molecular flexibility index (Phi) is 5.15. The van der Waals surface area contributed by atoms with E-state index in [2.05, 4.69) is 4.90 Å². The van der Waals surface area contributed by atoms with Crippen LogP contribution in [-0.4, -0.2) is 75.1 Å². The fourth-order valence-corrected chi connectivity index (χ4v) is 3.69. The quantitative estimate of drug-likeness (QED) is 0.747. The Labute approximate surface area is 165 Å². The van der Waals surface area contributed by atoms with Crippen LogP contribution in [0.2, 0.25) is 0 Å². The molecule has 2 heterocycles. The summed E-state index contributed by atoms with van der Waals surface area (Å²) in [7, 11) is 4.00. The summed E-state index contributed by atoms with van der Waals surface area (Å²) < 4.78 is 5.35. The van der Waals surface area contributed by atoms with Crippen LogP contribution in [0.15, 0.2) is 42.5 Å². The lowest BCUT2D eigenvalue weighted by molar-refractivity contribution is 0.0325. The van der Waals surface area contributed by atoms with Crippen LogP contribution in [0, 0.1) is 0 Å². The van der Waals surface area contributed by atoms with Crippen molar-refractivity contribution >= 4 is 17.5 Å². The van der Waals surface area contributed by atoms with Gasteiger partial charge in [-0.2, -0.15) is 0 Å². The van der Waals surface area contributed by atoms with Crippen LogP contribution in [0.5, 0.6) is 0 Å². The van der Waals surface area contributed by atoms with Crippen LogP contribution in [0.25, 0.3) is 11.1 Å². The first-order valence-corrected chi connectivity index (χ1v) is 9.63. The van der Waals surface area contributed by atoms with E-state index in [-0.39, 0.29) is 11.8 Å². The third-order valence-corrected chi connectivity index (χ3v) is 5.43. The molecule has 2 aliphatic rings. The van der Waals surface area contributed by atoms with E-state index >= 15 is 0 Å². The summed E-state index contributed by atoms with van der Waals surface area (Å²) in [5.41, 5.74) is 4.09. The van der Waals surface area contributed by atoms with Gasteiger partial charge in [0, 0.05) is 46.0 Å². The molecule has 0 saturated carbocycles. The zero-order valence-corrected chi connectivity index (χ0v) is 16.4. The first-order valence-electron chi connectivity index (χ1n) is 9.63. The highest BCUT2D eigenvalue weighted by Gasteiger charge is 2.35. The molecule has 4 rings (SSSR count). The van der Waals surface area contributed by atoms with Crippen LogP contribution < -0.4 is 4.90 Å². The van der Waals surface area contributed by atoms with E-state index in [9.17, 15) is 9.59 Å². The number of fused-ring (bicyclic) bond motifs is 1. The number of hydrogen-bond acceptors (Lipinski definition) is 5.